The molecule has 0 spiro atoms. The van der Waals surface area contributed by atoms with E-state index in [1.54, 1.807) is 0 Å². The Kier molecular flexibility index (Phi) is 3.32. The van der Waals surface area contributed by atoms with Crippen molar-refractivity contribution in [2.24, 2.45) is 23.7 Å². The van der Waals surface area contributed by atoms with E-state index in [1.165, 1.54) is 19.3 Å². The summed E-state index contributed by atoms with van der Waals surface area (Å²) in [7, 11) is 0. The highest BCUT2D eigenvalue weighted by Gasteiger charge is 2.42. The fourth-order valence-corrected chi connectivity index (χ4v) is 3.18. The Morgan fingerprint density at radius 3 is 2.67 bits per heavy atom. The summed E-state index contributed by atoms with van der Waals surface area (Å²) in [6.45, 7) is 5.26. The molecule has 2 nitrogen and oxygen atoms in total. The van der Waals surface area contributed by atoms with E-state index in [9.17, 15) is 4.79 Å². The Morgan fingerprint density at radius 1 is 1.33 bits per heavy atom. The molecule has 0 aliphatic heterocycles. The van der Waals surface area contributed by atoms with Gasteiger partial charge >= 0.3 is 0 Å². The first-order valence-corrected chi connectivity index (χ1v) is 6.44. The number of carbonyl (C=O) groups is 1. The van der Waals surface area contributed by atoms with Crippen LogP contribution in [0.1, 0.15) is 46.0 Å². The number of rotatable bonds is 4. The number of hydrogen-bond acceptors (Lipinski definition) is 1. The van der Waals surface area contributed by atoms with Gasteiger partial charge in [-0.3, -0.25) is 4.79 Å². The molecule has 2 saturated carbocycles. The van der Waals surface area contributed by atoms with E-state index in [0.29, 0.717) is 23.7 Å². The van der Waals surface area contributed by atoms with E-state index in [0.717, 1.165) is 25.3 Å². The molecule has 2 fully saturated rings. The molecule has 86 valence electrons. The summed E-state index contributed by atoms with van der Waals surface area (Å²) in [5, 5.41) is 3.10. The van der Waals surface area contributed by atoms with Gasteiger partial charge < -0.3 is 5.32 Å². The lowest BCUT2D eigenvalue weighted by atomic mass is 9.88. The van der Waals surface area contributed by atoms with Gasteiger partial charge in [0.25, 0.3) is 0 Å². The first kappa shape index (κ1) is 11.0. The van der Waals surface area contributed by atoms with Crippen LogP contribution in [-0.2, 0) is 4.79 Å². The van der Waals surface area contributed by atoms with E-state index in [1.807, 2.05) is 0 Å². The normalized spacial score (nSPS) is 33.7. The lowest BCUT2D eigenvalue weighted by Gasteiger charge is -2.20. The maximum absolute atomic E-state index is 11.9. The summed E-state index contributed by atoms with van der Waals surface area (Å²) in [5.74, 6) is 2.97. The van der Waals surface area contributed by atoms with E-state index >= 15 is 0 Å². The molecule has 2 aliphatic carbocycles. The summed E-state index contributed by atoms with van der Waals surface area (Å²) in [6.07, 6.45) is 6.26. The minimum Gasteiger partial charge on any atom is -0.356 e. The Morgan fingerprint density at radius 2 is 2.13 bits per heavy atom. The summed E-state index contributed by atoms with van der Waals surface area (Å²) in [4.78, 5) is 11.9. The first-order chi connectivity index (χ1) is 7.16. The van der Waals surface area contributed by atoms with Gasteiger partial charge in [0.15, 0.2) is 0 Å². The fraction of sp³-hybridized carbons (Fsp3) is 0.923. The molecule has 0 aromatic heterocycles. The zero-order valence-corrected chi connectivity index (χ0v) is 9.96. The van der Waals surface area contributed by atoms with Crippen LogP contribution in [0.5, 0.6) is 0 Å². The van der Waals surface area contributed by atoms with Gasteiger partial charge in [-0.2, -0.15) is 0 Å². The average molecular weight is 209 g/mol. The molecule has 0 aromatic rings. The van der Waals surface area contributed by atoms with Crippen LogP contribution in [0.15, 0.2) is 0 Å². The van der Waals surface area contributed by atoms with E-state index < -0.39 is 0 Å². The van der Waals surface area contributed by atoms with Gasteiger partial charge in [-0.25, -0.2) is 0 Å². The molecule has 0 saturated heterocycles. The van der Waals surface area contributed by atoms with E-state index in [2.05, 4.69) is 19.2 Å². The largest absolute Gasteiger partial charge is 0.356 e. The van der Waals surface area contributed by atoms with E-state index in [4.69, 9.17) is 0 Å². The third-order valence-corrected chi connectivity index (χ3v) is 4.10. The van der Waals surface area contributed by atoms with Crippen molar-refractivity contribution in [1.29, 1.82) is 0 Å². The van der Waals surface area contributed by atoms with Gasteiger partial charge in [0.2, 0.25) is 5.91 Å². The molecule has 2 heteroatoms. The zero-order valence-electron chi connectivity index (χ0n) is 9.96. The topological polar surface area (TPSA) is 29.1 Å². The average Bonchev–Trinajstić information content (AvgIpc) is 2.77. The molecule has 2 aliphatic rings. The Hall–Kier alpha value is -0.530. The van der Waals surface area contributed by atoms with Crippen LogP contribution in [0.2, 0.25) is 0 Å². The minimum absolute atomic E-state index is 0.336. The summed E-state index contributed by atoms with van der Waals surface area (Å²) in [6, 6.07) is 0. The van der Waals surface area contributed by atoms with Crippen molar-refractivity contribution < 1.29 is 4.79 Å². The van der Waals surface area contributed by atoms with E-state index in [-0.39, 0.29) is 0 Å². The molecular formula is C13H23NO. The van der Waals surface area contributed by atoms with Crippen molar-refractivity contribution in [2.75, 3.05) is 6.54 Å². The van der Waals surface area contributed by atoms with Gasteiger partial charge in [-0.05, 0) is 43.4 Å². The molecule has 0 heterocycles. The predicted octanol–water partition coefficient (Wildman–Crippen LogP) is 2.58. The second-order valence-electron chi connectivity index (χ2n) is 5.75. The van der Waals surface area contributed by atoms with Crippen LogP contribution in [0.25, 0.3) is 0 Å². The van der Waals surface area contributed by atoms with Crippen LogP contribution in [0.4, 0.5) is 0 Å². The highest BCUT2D eigenvalue weighted by molar-refractivity contribution is 5.79. The first-order valence-electron chi connectivity index (χ1n) is 6.44. The summed E-state index contributed by atoms with van der Waals surface area (Å²) < 4.78 is 0. The third kappa shape index (κ3) is 2.53. The van der Waals surface area contributed by atoms with Crippen molar-refractivity contribution in [3.63, 3.8) is 0 Å². The highest BCUT2D eigenvalue weighted by atomic mass is 16.1. The van der Waals surface area contributed by atoms with Crippen LogP contribution in [0, 0.1) is 23.7 Å². The molecule has 3 atom stereocenters. The van der Waals surface area contributed by atoms with Crippen LogP contribution in [0.3, 0.4) is 0 Å². The summed E-state index contributed by atoms with van der Waals surface area (Å²) >= 11 is 0. The molecule has 0 aromatic carbocycles. The van der Waals surface area contributed by atoms with Gasteiger partial charge in [0.05, 0.1) is 0 Å². The predicted molar refractivity (Wildman–Crippen MR) is 61.4 cm³/mol. The van der Waals surface area contributed by atoms with Gasteiger partial charge in [-0.15, -0.1) is 0 Å². The van der Waals surface area contributed by atoms with Crippen LogP contribution < -0.4 is 5.32 Å². The van der Waals surface area contributed by atoms with Gasteiger partial charge in [0, 0.05) is 12.5 Å². The number of carbonyl (C=O) groups excluding carboxylic acids is 1. The van der Waals surface area contributed by atoms with Crippen molar-refractivity contribution in [2.45, 2.75) is 46.0 Å². The van der Waals surface area contributed by atoms with Crippen LogP contribution in [-0.4, -0.2) is 12.5 Å². The maximum atomic E-state index is 11.9. The molecule has 3 unspecified atom stereocenters. The maximum Gasteiger partial charge on any atom is 0.223 e. The lowest BCUT2D eigenvalue weighted by Crippen LogP contribution is -2.34. The number of nitrogens with one attached hydrogen (secondary N) is 1. The van der Waals surface area contributed by atoms with Crippen molar-refractivity contribution in [3.8, 4) is 0 Å². The van der Waals surface area contributed by atoms with Crippen LogP contribution >= 0.6 is 0 Å². The fourth-order valence-electron chi connectivity index (χ4n) is 3.18. The zero-order chi connectivity index (χ0) is 10.8. The number of fused-ring (bicyclic) bond motifs is 2. The highest BCUT2D eigenvalue weighted by Crippen LogP contribution is 2.48. The second kappa shape index (κ2) is 4.54. The third-order valence-electron chi connectivity index (χ3n) is 4.10. The second-order valence-corrected chi connectivity index (χ2v) is 5.75. The number of amides is 1. The molecule has 0 radical (unpaired) electrons. The molecular weight excluding hydrogens is 186 g/mol. The Bertz CT molecular complexity index is 237. The standard InChI is InChI=1S/C13H23NO/c1-9(2)5-6-14-13(15)12-8-10-3-4-11(12)7-10/h9-12H,3-8H2,1-2H3,(H,14,15). The van der Waals surface area contributed by atoms with Gasteiger partial charge in [-0.1, -0.05) is 20.3 Å². The molecule has 15 heavy (non-hydrogen) atoms. The summed E-state index contributed by atoms with van der Waals surface area (Å²) in [5.41, 5.74) is 0. The Labute approximate surface area is 92.8 Å². The SMILES string of the molecule is CC(C)CCNC(=O)C1CC2CCC1C2. The Balaban J connectivity index is 1.72. The minimum atomic E-state index is 0.336. The molecule has 2 rings (SSSR count). The lowest BCUT2D eigenvalue weighted by molar-refractivity contribution is -0.126. The smallest absolute Gasteiger partial charge is 0.223 e. The molecule has 1 amide bonds. The van der Waals surface area contributed by atoms with Crippen molar-refractivity contribution >= 4 is 5.91 Å². The van der Waals surface area contributed by atoms with Crippen molar-refractivity contribution in [3.05, 3.63) is 0 Å². The quantitative estimate of drug-likeness (QED) is 0.757. The monoisotopic (exact) mass is 209 g/mol. The van der Waals surface area contributed by atoms with Gasteiger partial charge in [0.1, 0.15) is 0 Å². The molecule has 1 N–H and O–H groups in total. The number of hydrogen-bond donors (Lipinski definition) is 1. The van der Waals surface area contributed by atoms with Crippen molar-refractivity contribution in [1.82, 2.24) is 5.32 Å². The molecule has 2 bridgehead atoms.